The molecule has 0 amide bonds. The number of rotatable bonds is 58. The lowest BCUT2D eigenvalue weighted by Crippen LogP contribution is -2.37. The Balaban J connectivity index is 3.86. The summed E-state index contributed by atoms with van der Waals surface area (Å²) in [5, 5.41) is 0. The summed E-state index contributed by atoms with van der Waals surface area (Å²) in [5.74, 6) is -0.814. The van der Waals surface area contributed by atoms with E-state index in [-0.39, 0.29) is 32.0 Å². The lowest BCUT2D eigenvalue weighted by atomic mass is 10.0. The van der Waals surface area contributed by atoms with Gasteiger partial charge < -0.3 is 27.9 Å². The van der Waals surface area contributed by atoms with E-state index in [9.17, 15) is 19.0 Å². The minimum absolute atomic E-state index is 0.0254. The highest BCUT2D eigenvalue weighted by molar-refractivity contribution is 7.45. The number of esters is 2. The normalized spacial score (nSPS) is 13.2. The summed E-state index contributed by atoms with van der Waals surface area (Å²) < 4.78 is 34.1. The van der Waals surface area contributed by atoms with Crippen molar-refractivity contribution in [2.24, 2.45) is 0 Å². The van der Waals surface area contributed by atoms with Gasteiger partial charge in [0.1, 0.15) is 19.8 Å². The second-order valence-corrected chi connectivity index (χ2v) is 23.9. The maximum Gasteiger partial charge on any atom is 0.306 e. The van der Waals surface area contributed by atoms with E-state index in [1.807, 2.05) is 21.1 Å². The third-order valence-electron chi connectivity index (χ3n) is 14.1. The van der Waals surface area contributed by atoms with Crippen LogP contribution in [0.5, 0.6) is 0 Å². The van der Waals surface area contributed by atoms with E-state index in [2.05, 4.69) is 13.8 Å². The average molecular weight is 1010 g/mol. The molecule has 10 heteroatoms. The fourth-order valence-corrected chi connectivity index (χ4v) is 10.1. The van der Waals surface area contributed by atoms with Gasteiger partial charge in [-0.05, 0) is 12.8 Å². The zero-order valence-corrected chi connectivity index (χ0v) is 48.4. The molecule has 0 aromatic rings. The molecule has 2 atom stereocenters. The molecule has 2 unspecified atom stereocenters. The molecular formula is C60H120NO8P. The van der Waals surface area contributed by atoms with E-state index < -0.39 is 26.5 Å². The summed E-state index contributed by atoms with van der Waals surface area (Å²) in [6.07, 6.45) is 60.5. The number of phosphoric ester groups is 1. The lowest BCUT2D eigenvalue weighted by molar-refractivity contribution is -0.870. The SMILES string of the molecule is CCCCCCCCCCCCCCCCCCCCCCCCCCCCCCCCCCCCCC(=O)OC(COC(=O)CCCCCCCCCCCCC)COP(=O)([O-])OCC[N+](C)(C)C. The van der Waals surface area contributed by atoms with Gasteiger partial charge in [0.2, 0.25) is 0 Å². The lowest BCUT2D eigenvalue weighted by Gasteiger charge is -2.28. The summed E-state index contributed by atoms with van der Waals surface area (Å²) in [6.45, 7) is 4.29. The van der Waals surface area contributed by atoms with Crippen molar-refractivity contribution in [1.82, 2.24) is 0 Å². The molecule has 0 radical (unpaired) electrons. The van der Waals surface area contributed by atoms with Gasteiger partial charge in [0, 0.05) is 12.8 Å². The number of carbonyl (C=O) groups excluding carboxylic acids is 2. The van der Waals surface area contributed by atoms with E-state index in [1.165, 1.54) is 257 Å². The molecule has 0 bridgehead atoms. The Labute approximate surface area is 435 Å². The molecule has 0 fully saturated rings. The van der Waals surface area contributed by atoms with Crippen molar-refractivity contribution in [3.8, 4) is 0 Å². The molecular weight excluding hydrogens is 894 g/mol. The van der Waals surface area contributed by atoms with E-state index in [0.29, 0.717) is 17.4 Å². The molecule has 0 rings (SSSR count). The van der Waals surface area contributed by atoms with E-state index in [1.54, 1.807) is 0 Å². The molecule has 0 aliphatic rings. The van der Waals surface area contributed by atoms with Crippen molar-refractivity contribution in [2.75, 3.05) is 47.5 Å². The fourth-order valence-electron chi connectivity index (χ4n) is 9.37. The zero-order chi connectivity index (χ0) is 51.3. The van der Waals surface area contributed by atoms with Crippen molar-refractivity contribution in [2.45, 2.75) is 328 Å². The van der Waals surface area contributed by atoms with Gasteiger partial charge in [-0.2, -0.15) is 0 Å². The van der Waals surface area contributed by atoms with Crippen LogP contribution in [-0.2, 0) is 32.7 Å². The predicted molar refractivity (Wildman–Crippen MR) is 296 cm³/mol. The van der Waals surface area contributed by atoms with Crippen LogP contribution in [0.4, 0.5) is 0 Å². The first-order valence-electron chi connectivity index (χ1n) is 30.7. The topological polar surface area (TPSA) is 111 Å². The molecule has 0 saturated carbocycles. The van der Waals surface area contributed by atoms with Crippen LogP contribution in [0.25, 0.3) is 0 Å². The van der Waals surface area contributed by atoms with Crippen LogP contribution in [0.15, 0.2) is 0 Å². The minimum atomic E-state index is -4.62. The van der Waals surface area contributed by atoms with E-state index in [0.717, 1.165) is 32.1 Å². The van der Waals surface area contributed by atoms with Gasteiger partial charge in [-0.25, -0.2) is 0 Å². The third-order valence-corrected chi connectivity index (χ3v) is 15.1. The van der Waals surface area contributed by atoms with Crippen LogP contribution < -0.4 is 4.89 Å². The Morgan fingerprint density at radius 3 is 0.914 bits per heavy atom. The molecule has 0 spiro atoms. The van der Waals surface area contributed by atoms with Crippen LogP contribution in [-0.4, -0.2) is 70.0 Å². The molecule has 0 heterocycles. The summed E-state index contributed by atoms with van der Waals surface area (Å²) in [7, 11) is 1.19. The van der Waals surface area contributed by atoms with Gasteiger partial charge in [-0.3, -0.25) is 14.2 Å². The number of nitrogens with zero attached hydrogens (tertiary/aromatic N) is 1. The van der Waals surface area contributed by atoms with Crippen molar-refractivity contribution >= 4 is 19.8 Å². The molecule has 0 saturated heterocycles. The number of hydrogen-bond donors (Lipinski definition) is 0. The second kappa shape index (κ2) is 52.9. The summed E-state index contributed by atoms with van der Waals surface area (Å²) in [6, 6.07) is 0. The molecule has 0 aliphatic carbocycles. The largest absolute Gasteiger partial charge is 0.756 e. The van der Waals surface area contributed by atoms with Gasteiger partial charge in [0.15, 0.2) is 6.10 Å². The minimum Gasteiger partial charge on any atom is -0.756 e. The summed E-state index contributed by atoms with van der Waals surface area (Å²) in [5.41, 5.74) is 0. The first-order valence-corrected chi connectivity index (χ1v) is 32.2. The maximum atomic E-state index is 12.8. The number of phosphoric acid groups is 1. The molecule has 0 aliphatic heterocycles. The number of quaternary nitrogens is 1. The maximum absolute atomic E-state index is 12.8. The Kier molecular flexibility index (Phi) is 52.1. The first-order chi connectivity index (χ1) is 34.0. The summed E-state index contributed by atoms with van der Waals surface area (Å²) in [4.78, 5) is 37.7. The highest BCUT2D eigenvalue weighted by Crippen LogP contribution is 2.38. The van der Waals surface area contributed by atoms with Crippen molar-refractivity contribution in [3.05, 3.63) is 0 Å². The molecule has 70 heavy (non-hydrogen) atoms. The average Bonchev–Trinajstić information content (AvgIpc) is 3.32. The highest BCUT2D eigenvalue weighted by atomic mass is 31.2. The van der Waals surface area contributed by atoms with Gasteiger partial charge in [0.05, 0.1) is 27.7 Å². The van der Waals surface area contributed by atoms with Crippen molar-refractivity contribution in [1.29, 1.82) is 0 Å². The monoisotopic (exact) mass is 1010 g/mol. The number of likely N-dealkylation sites (N-methyl/N-ethyl adjacent to an activating group) is 1. The molecule has 0 N–H and O–H groups in total. The smallest absolute Gasteiger partial charge is 0.306 e. The van der Waals surface area contributed by atoms with Gasteiger partial charge >= 0.3 is 11.9 Å². The molecule has 0 aromatic heterocycles. The Bertz CT molecular complexity index is 1150. The quantitative estimate of drug-likeness (QED) is 0.0256. The standard InChI is InChI=1S/C60H120NO8P/c1-6-8-10-12-14-16-18-19-20-21-22-23-24-25-26-27-28-29-30-31-32-33-34-35-36-37-38-39-40-41-43-45-47-49-51-53-60(63)69-58(57-68-70(64,65)67-55-54-61(3,4)5)56-66-59(62)52-50-48-46-44-42-17-15-13-11-9-7-2/h58H,6-57H2,1-5H3. The van der Waals surface area contributed by atoms with Crippen LogP contribution in [0.3, 0.4) is 0 Å². The fraction of sp³-hybridized carbons (Fsp3) is 0.967. The Hall–Kier alpha value is -0.990. The molecule has 0 aromatic carbocycles. The molecule has 9 nitrogen and oxygen atoms in total. The number of unbranched alkanes of at least 4 members (excludes halogenated alkanes) is 44. The van der Waals surface area contributed by atoms with Crippen LogP contribution >= 0.6 is 7.82 Å². The highest BCUT2D eigenvalue weighted by Gasteiger charge is 2.22. The van der Waals surface area contributed by atoms with Gasteiger partial charge in [0.25, 0.3) is 7.82 Å². The first kappa shape index (κ1) is 69.0. The Morgan fingerprint density at radius 2 is 0.643 bits per heavy atom. The summed E-state index contributed by atoms with van der Waals surface area (Å²) >= 11 is 0. The third kappa shape index (κ3) is 56.3. The number of hydrogen-bond acceptors (Lipinski definition) is 8. The second-order valence-electron chi connectivity index (χ2n) is 22.4. The Morgan fingerprint density at radius 1 is 0.386 bits per heavy atom. The zero-order valence-electron chi connectivity index (χ0n) is 47.5. The predicted octanol–water partition coefficient (Wildman–Crippen LogP) is 18.4. The van der Waals surface area contributed by atoms with Crippen LogP contribution in [0.2, 0.25) is 0 Å². The van der Waals surface area contributed by atoms with E-state index in [4.69, 9.17) is 18.5 Å². The van der Waals surface area contributed by atoms with Gasteiger partial charge in [-0.15, -0.1) is 0 Å². The van der Waals surface area contributed by atoms with Crippen molar-refractivity contribution in [3.63, 3.8) is 0 Å². The number of carbonyl (C=O) groups is 2. The van der Waals surface area contributed by atoms with E-state index >= 15 is 0 Å². The van der Waals surface area contributed by atoms with Gasteiger partial charge in [-0.1, -0.05) is 296 Å². The molecule has 418 valence electrons. The van der Waals surface area contributed by atoms with Crippen LogP contribution in [0.1, 0.15) is 322 Å². The number of ether oxygens (including phenoxy) is 2. The van der Waals surface area contributed by atoms with Crippen molar-refractivity contribution < 1.29 is 42.1 Å². The van der Waals surface area contributed by atoms with Crippen LogP contribution in [0, 0.1) is 0 Å².